The molecule has 5 nitrogen and oxygen atoms in total. The minimum Gasteiger partial charge on any atom is -0.355 e. The van der Waals surface area contributed by atoms with E-state index in [0.717, 1.165) is 4.47 Å². The first-order valence-corrected chi connectivity index (χ1v) is 5.92. The van der Waals surface area contributed by atoms with Crippen LogP contribution in [0.3, 0.4) is 0 Å². The van der Waals surface area contributed by atoms with Crippen LogP contribution in [0.5, 0.6) is 0 Å². The smallest absolute Gasteiger partial charge is 0.319 e. The van der Waals surface area contributed by atoms with Crippen molar-refractivity contribution in [1.82, 2.24) is 10.6 Å². The first-order valence-electron chi connectivity index (χ1n) is 5.13. The molecule has 1 aromatic rings. The molecule has 0 aliphatic carbocycles. The zero-order valence-electron chi connectivity index (χ0n) is 9.42. The molecule has 3 N–H and O–H groups in total. The van der Waals surface area contributed by atoms with E-state index in [9.17, 15) is 9.59 Å². The Hall–Kier alpha value is -1.56. The van der Waals surface area contributed by atoms with Crippen molar-refractivity contribution in [1.29, 1.82) is 0 Å². The molecule has 0 bridgehead atoms. The molecule has 3 amide bonds. The van der Waals surface area contributed by atoms with Gasteiger partial charge in [0.25, 0.3) is 0 Å². The lowest BCUT2D eigenvalue weighted by molar-refractivity contribution is -0.118. The van der Waals surface area contributed by atoms with Gasteiger partial charge >= 0.3 is 6.03 Å². The molecule has 0 saturated heterocycles. The van der Waals surface area contributed by atoms with E-state index in [0.29, 0.717) is 18.8 Å². The first kappa shape index (κ1) is 13.5. The predicted molar refractivity (Wildman–Crippen MR) is 69.8 cm³/mol. The molecule has 1 rings (SSSR count). The Morgan fingerprint density at radius 2 is 1.82 bits per heavy atom. The number of halogens is 1. The third-order valence-corrected chi connectivity index (χ3v) is 2.60. The van der Waals surface area contributed by atoms with E-state index < -0.39 is 0 Å². The van der Waals surface area contributed by atoms with Crippen molar-refractivity contribution in [3.05, 3.63) is 28.7 Å². The number of para-hydroxylation sites is 1. The van der Waals surface area contributed by atoms with Gasteiger partial charge in [0.2, 0.25) is 5.91 Å². The van der Waals surface area contributed by atoms with Gasteiger partial charge in [-0.15, -0.1) is 0 Å². The summed E-state index contributed by atoms with van der Waals surface area (Å²) in [6.45, 7) is 2.23. The van der Waals surface area contributed by atoms with Crippen molar-refractivity contribution in [2.24, 2.45) is 0 Å². The first-order chi connectivity index (χ1) is 8.09. The van der Waals surface area contributed by atoms with E-state index in [1.165, 1.54) is 6.92 Å². The summed E-state index contributed by atoms with van der Waals surface area (Å²) in [4.78, 5) is 22.0. The van der Waals surface area contributed by atoms with Crippen LogP contribution in [0.4, 0.5) is 10.5 Å². The number of benzene rings is 1. The van der Waals surface area contributed by atoms with Crippen LogP contribution < -0.4 is 16.0 Å². The van der Waals surface area contributed by atoms with Crippen molar-refractivity contribution < 1.29 is 9.59 Å². The van der Waals surface area contributed by atoms with Crippen LogP contribution in [0.2, 0.25) is 0 Å². The van der Waals surface area contributed by atoms with E-state index >= 15 is 0 Å². The van der Waals surface area contributed by atoms with E-state index in [4.69, 9.17) is 0 Å². The van der Waals surface area contributed by atoms with Gasteiger partial charge in [0.05, 0.1) is 5.69 Å². The van der Waals surface area contributed by atoms with Gasteiger partial charge in [-0.3, -0.25) is 4.79 Å². The lowest BCUT2D eigenvalue weighted by atomic mass is 10.3. The lowest BCUT2D eigenvalue weighted by Gasteiger charge is -2.09. The number of hydrogen-bond acceptors (Lipinski definition) is 2. The normalized spacial score (nSPS) is 9.53. The fraction of sp³-hybridized carbons (Fsp3) is 0.273. The van der Waals surface area contributed by atoms with Gasteiger partial charge in [-0.1, -0.05) is 12.1 Å². The van der Waals surface area contributed by atoms with Crippen molar-refractivity contribution >= 4 is 33.6 Å². The highest BCUT2D eigenvalue weighted by Gasteiger charge is 2.03. The lowest BCUT2D eigenvalue weighted by Crippen LogP contribution is -2.36. The SMILES string of the molecule is CC(=O)NCCNC(=O)Nc1ccccc1Br. The summed E-state index contributed by atoms with van der Waals surface area (Å²) in [5.41, 5.74) is 0.699. The van der Waals surface area contributed by atoms with Gasteiger partial charge in [-0.25, -0.2) is 4.79 Å². The Kier molecular flexibility index (Phi) is 5.48. The number of hydrogen-bond donors (Lipinski definition) is 3. The number of amides is 3. The van der Waals surface area contributed by atoms with E-state index in [2.05, 4.69) is 31.9 Å². The molecule has 0 saturated carbocycles. The van der Waals surface area contributed by atoms with Crippen LogP contribution in [-0.2, 0) is 4.79 Å². The Balaban J connectivity index is 2.30. The zero-order chi connectivity index (χ0) is 12.7. The quantitative estimate of drug-likeness (QED) is 0.741. The molecule has 0 aromatic heterocycles. The van der Waals surface area contributed by atoms with Crippen LogP contribution >= 0.6 is 15.9 Å². The topological polar surface area (TPSA) is 70.2 Å². The molecule has 92 valence electrons. The Morgan fingerprint density at radius 3 is 2.47 bits per heavy atom. The van der Waals surface area contributed by atoms with Gasteiger partial charge in [0.15, 0.2) is 0 Å². The molecule has 0 aliphatic rings. The third kappa shape index (κ3) is 5.35. The third-order valence-electron chi connectivity index (χ3n) is 1.91. The maximum atomic E-state index is 11.5. The average Bonchev–Trinajstić information content (AvgIpc) is 2.27. The van der Waals surface area contributed by atoms with Gasteiger partial charge in [-0.05, 0) is 28.1 Å². The summed E-state index contributed by atoms with van der Waals surface area (Å²) >= 11 is 3.33. The summed E-state index contributed by atoms with van der Waals surface area (Å²) in [5.74, 6) is -0.113. The number of rotatable bonds is 4. The molecule has 0 unspecified atom stereocenters. The standard InChI is InChI=1S/C11H14BrN3O2/c1-8(16)13-6-7-14-11(17)15-10-5-3-2-4-9(10)12/h2-5H,6-7H2,1H3,(H,13,16)(H2,14,15,17). The van der Waals surface area contributed by atoms with Crippen LogP contribution in [0.1, 0.15) is 6.92 Å². The molecule has 0 atom stereocenters. The summed E-state index contributed by atoms with van der Waals surface area (Å²) in [6.07, 6.45) is 0. The molecule has 0 fully saturated rings. The van der Waals surface area contributed by atoms with E-state index in [1.807, 2.05) is 18.2 Å². The molecule has 0 aliphatic heterocycles. The monoisotopic (exact) mass is 299 g/mol. The van der Waals surface area contributed by atoms with Crippen LogP contribution in [-0.4, -0.2) is 25.0 Å². The van der Waals surface area contributed by atoms with Crippen molar-refractivity contribution in [3.8, 4) is 0 Å². The molecule has 0 heterocycles. The highest BCUT2D eigenvalue weighted by Crippen LogP contribution is 2.20. The van der Waals surface area contributed by atoms with Crippen LogP contribution in [0.15, 0.2) is 28.7 Å². The average molecular weight is 300 g/mol. The molecule has 1 aromatic carbocycles. The maximum Gasteiger partial charge on any atom is 0.319 e. The zero-order valence-corrected chi connectivity index (χ0v) is 11.0. The second-order valence-electron chi connectivity index (χ2n) is 3.34. The number of urea groups is 1. The minimum absolute atomic E-state index is 0.113. The Bertz CT molecular complexity index is 409. The summed E-state index contributed by atoms with van der Waals surface area (Å²) in [5, 5.41) is 7.90. The molecule has 0 radical (unpaired) electrons. The van der Waals surface area contributed by atoms with Crippen LogP contribution in [0.25, 0.3) is 0 Å². The number of carbonyl (C=O) groups excluding carboxylic acids is 2. The summed E-state index contributed by atoms with van der Waals surface area (Å²) in [7, 11) is 0. The van der Waals surface area contributed by atoms with Crippen molar-refractivity contribution in [2.45, 2.75) is 6.92 Å². The van der Waals surface area contributed by atoms with E-state index in [1.54, 1.807) is 6.07 Å². The fourth-order valence-corrected chi connectivity index (χ4v) is 1.53. The van der Waals surface area contributed by atoms with E-state index in [-0.39, 0.29) is 11.9 Å². The Morgan fingerprint density at radius 1 is 1.18 bits per heavy atom. The summed E-state index contributed by atoms with van der Waals surface area (Å²) in [6, 6.07) is 7.02. The number of anilines is 1. The largest absolute Gasteiger partial charge is 0.355 e. The molecular weight excluding hydrogens is 286 g/mol. The highest BCUT2D eigenvalue weighted by molar-refractivity contribution is 9.10. The number of carbonyl (C=O) groups is 2. The summed E-state index contributed by atoms with van der Waals surface area (Å²) < 4.78 is 0.817. The molecule has 6 heteroatoms. The van der Waals surface area contributed by atoms with Crippen molar-refractivity contribution in [2.75, 3.05) is 18.4 Å². The fourth-order valence-electron chi connectivity index (χ4n) is 1.14. The highest BCUT2D eigenvalue weighted by atomic mass is 79.9. The molecular formula is C11H14BrN3O2. The maximum absolute atomic E-state index is 11.5. The van der Waals surface area contributed by atoms with Gasteiger partial charge in [0.1, 0.15) is 0 Å². The Labute approximate surface area is 108 Å². The van der Waals surface area contributed by atoms with Gasteiger partial charge < -0.3 is 16.0 Å². The van der Waals surface area contributed by atoms with Crippen LogP contribution in [0, 0.1) is 0 Å². The second-order valence-corrected chi connectivity index (χ2v) is 4.20. The molecule has 17 heavy (non-hydrogen) atoms. The minimum atomic E-state index is -0.303. The van der Waals surface area contributed by atoms with Gasteiger partial charge in [-0.2, -0.15) is 0 Å². The van der Waals surface area contributed by atoms with Crippen molar-refractivity contribution in [3.63, 3.8) is 0 Å². The molecule has 0 spiro atoms. The van der Waals surface area contributed by atoms with Gasteiger partial charge in [0, 0.05) is 24.5 Å². The predicted octanol–water partition coefficient (Wildman–Crippen LogP) is 1.71. The second kappa shape index (κ2) is 6.90. The number of nitrogens with one attached hydrogen (secondary N) is 3.